The highest BCUT2D eigenvalue weighted by atomic mass is 32.2. The van der Waals surface area contributed by atoms with Crippen LogP contribution in [-0.4, -0.2) is 81.1 Å². The van der Waals surface area contributed by atoms with Crippen molar-refractivity contribution < 1.29 is 14.3 Å². The SMILES string of the molecule is COc1cnc(-c2ccc(NC(=O)N(C)c3ccc(N4CCSCC4)cc3)cc2)nc1N1CCOCC1. The molecule has 3 heterocycles. The predicted molar refractivity (Wildman–Crippen MR) is 150 cm³/mol. The number of carbonyl (C=O) groups excluding carboxylic acids is 1. The number of amides is 2. The number of nitrogens with one attached hydrogen (secondary N) is 1. The Labute approximate surface area is 221 Å². The minimum atomic E-state index is -0.204. The fourth-order valence-corrected chi connectivity index (χ4v) is 5.29. The zero-order valence-corrected chi connectivity index (χ0v) is 22.0. The van der Waals surface area contributed by atoms with Crippen LogP contribution >= 0.6 is 11.8 Å². The van der Waals surface area contributed by atoms with E-state index in [9.17, 15) is 4.79 Å². The average Bonchev–Trinajstić information content (AvgIpc) is 2.98. The molecule has 9 nitrogen and oxygen atoms in total. The second-order valence-electron chi connectivity index (χ2n) is 8.87. The molecule has 0 radical (unpaired) electrons. The normalized spacial score (nSPS) is 15.8. The van der Waals surface area contributed by atoms with E-state index in [1.54, 1.807) is 25.3 Å². The molecule has 2 fully saturated rings. The molecule has 0 atom stereocenters. The van der Waals surface area contributed by atoms with E-state index >= 15 is 0 Å². The van der Waals surface area contributed by atoms with Gasteiger partial charge in [0.15, 0.2) is 17.4 Å². The Bertz CT molecular complexity index is 1200. The zero-order chi connectivity index (χ0) is 25.6. The molecule has 2 aliphatic heterocycles. The van der Waals surface area contributed by atoms with Crippen molar-refractivity contribution in [2.45, 2.75) is 0 Å². The van der Waals surface area contributed by atoms with Gasteiger partial charge in [0.2, 0.25) is 0 Å². The number of ether oxygens (including phenoxy) is 2. The number of urea groups is 1. The van der Waals surface area contributed by atoms with E-state index in [4.69, 9.17) is 14.5 Å². The van der Waals surface area contributed by atoms with Gasteiger partial charge in [0.1, 0.15) is 0 Å². The highest BCUT2D eigenvalue weighted by Crippen LogP contribution is 2.29. The Hall–Kier alpha value is -3.50. The van der Waals surface area contributed by atoms with Crippen molar-refractivity contribution >= 4 is 40.7 Å². The number of rotatable bonds is 6. The molecule has 2 amide bonds. The van der Waals surface area contributed by atoms with Crippen LogP contribution in [0.15, 0.2) is 54.7 Å². The summed E-state index contributed by atoms with van der Waals surface area (Å²) in [4.78, 5) is 28.3. The van der Waals surface area contributed by atoms with E-state index < -0.39 is 0 Å². The van der Waals surface area contributed by atoms with Crippen molar-refractivity contribution in [3.8, 4) is 17.1 Å². The lowest BCUT2D eigenvalue weighted by Crippen LogP contribution is -2.37. The molecule has 2 saturated heterocycles. The Kier molecular flexibility index (Phi) is 7.96. The predicted octanol–water partition coefficient (Wildman–Crippen LogP) is 4.21. The molecule has 2 aliphatic rings. The third kappa shape index (κ3) is 5.91. The summed E-state index contributed by atoms with van der Waals surface area (Å²) in [7, 11) is 3.40. The molecule has 0 unspecified atom stereocenters. The number of thioether (sulfide) groups is 1. The Morgan fingerprint density at radius 3 is 2.38 bits per heavy atom. The molecule has 10 heteroatoms. The molecular weight excluding hydrogens is 488 g/mol. The second-order valence-corrected chi connectivity index (χ2v) is 10.1. The molecule has 1 aromatic heterocycles. The maximum absolute atomic E-state index is 12.9. The van der Waals surface area contributed by atoms with E-state index in [-0.39, 0.29) is 6.03 Å². The number of carbonyl (C=O) groups is 1. The van der Waals surface area contributed by atoms with Gasteiger partial charge in [-0.15, -0.1) is 0 Å². The van der Waals surface area contributed by atoms with Crippen molar-refractivity contribution in [3.63, 3.8) is 0 Å². The highest BCUT2D eigenvalue weighted by Gasteiger charge is 2.19. The summed E-state index contributed by atoms with van der Waals surface area (Å²) in [6.07, 6.45) is 1.70. The van der Waals surface area contributed by atoms with Crippen molar-refractivity contribution in [2.75, 3.05) is 85.1 Å². The first kappa shape index (κ1) is 25.2. The van der Waals surface area contributed by atoms with Gasteiger partial charge >= 0.3 is 6.03 Å². The molecule has 3 aromatic rings. The monoisotopic (exact) mass is 520 g/mol. The van der Waals surface area contributed by atoms with E-state index in [0.29, 0.717) is 30.5 Å². The largest absolute Gasteiger partial charge is 0.491 e. The number of nitrogens with zero attached hydrogens (tertiary/aromatic N) is 5. The Morgan fingerprint density at radius 1 is 1.00 bits per heavy atom. The standard InChI is InChI=1S/C27H32N6O3S/c1-31(22-7-9-23(10-8-22)32-13-17-37-18-14-32)27(34)29-21-5-3-20(4-6-21)25-28-19-24(35-2)26(30-25)33-11-15-36-16-12-33/h3-10,19H,11-18H2,1-2H3,(H,29,34). The number of hydrogen-bond acceptors (Lipinski definition) is 8. The van der Waals surface area contributed by atoms with Gasteiger partial charge in [-0.05, 0) is 48.5 Å². The maximum Gasteiger partial charge on any atom is 0.326 e. The van der Waals surface area contributed by atoms with Crippen LogP contribution in [0.2, 0.25) is 0 Å². The molecule has 0 bridgehead atoms. The second kappa shape index (κ2) is 11.7. The maximum atomic E-state index is 12.9. The van der Waals surface area contributed by atoms with Gasteiger partial charge in [0, 0.05) is 67.4 Å². The van der Waals surface area contributed by atoms with Gasteiger partial charge in [0.25, 0.3) is 0 Å². The molecule has 0 spiro atoms. The number of benzene rings is 2. The molecule has 2 aromatic carbocycles. The van der Waals surface area contributed by atoms with Gasteiger partial charge in [-0.25, -0.2) is 14.8 Å². The van der Waals surface area contributed by atoms with Crippen LogP contribution in [0.25, 0.3) is 11.4 Å². The van der Waals surface area contributed by atoms with E-state index in [0.717, 1.165) is 54.8 Å². The minimum absolute atomic E-state index is 0.204. The minimum Gasteiger partial charge on any atom is -0.491 e. The van der Waals surface area contributed by atoms with Gasteiger partial charge in [-0.1, -0.05) is 0 Å². The van der Waals surface area contributed by atoms with Crippen LogP contribution in [0, 0.1) is 0 Å². The summed E-state index contributed by atoms with van der Waals surface area (Å²) < 4.78 is 10.9. The smallest absolute Gasteiger partial charge is 0.326 e. The lowest BCUT2D eigenvalue weighted by molar-refractivity contribution is 0.122. The third-order valence-corrected chi connectivity index (χ3v) is 7.52. The summed E-state index contributed by atoms with van der Waals surface area (Å²) in [5.41, 5.74) is 3.60. The number of hydrogen-bond donors (Lipinski definition) is 1. The number of aromatic nitrogens is 2. The molecular formula is C27H32N6O3S. The fraction of sp³-hybridized carbons (Fsp3) is 0.370. The van der Waals surface area contributed by atoms with E-state index in [2.05, 4.69) is 32.2 Å². The van der Waals surface area contributed by atoms with Crippen LogP contribution in [0.3, 0.4) is 0 Å². The van der Waals surface area contributed by atoms with E-state index in [1.165, 1.54) is 5.69 Å². The first-order chi connectivity index (χ1) is 18.1. The van der Waals surface area contributed by atoms with Gasteiger partial charge in [0.05, 0.1) is 26.5 Å². The average molecular weight is 521 g/mol. The summed E-state index contributed by atoms with van der Waals surface area (Å²) >= 11 is 1.99. The molecule has 194 valence electrons. The summed E-state index contributed by atoms with van der Waals surface area (Å²) in [5, 5.41) is 2.97. The van der Waals surface area contributed by atoms with Crippen molar-refractivity contribution in [2.24, 2.45) is 0 Å². The number of morpholine rings is 1. The number of anilines is 4. The van der Waals surface area contributed by atoms with Crippen molar-refractivity contribution in [3.05, 3.63) is 54.7 Å². The van der Waals surface area contributed by atoms with Crippen LogP contribution in [-0.2, 0) is 4.74 Å². The summed E-state index contributed by atoms with van der Waals surface area (Å²) in [6, 6.07) is 15.5. The topological polar surface area (TPSA) is 83.1 Å². The first-order valence-electron chi connectivity index (χ1n) is 12.4. The van der Waals surface area contributed by atoms with E-state index in [1.807, 2.05) is 48.2 Å². The van der Waals surface area contributed by atoms with Crippen LogP contribution < -0.4 is 24.8 Å². The van der Waals surface area contributed by atoms with Crippen LogP contribution in [0.1, 0.15) is 0 Å². The highest BCUT2D eigenvalue weighted by molar-refractivity contribution is 7.99. The van der Waals surface area contributed by atoms with Gasteiger partial charge in [-0.3, -0.25) is 4.90 Å². The first-order valence-corrected chi connectivity index (χ1v) is 13.6. The van der Waals surface area contributed by atoms with Gasteiger partial charge in [-0.2, -0.15) is 11.8 Å². The lowest BCUT2D eigenvalue weighted by Gasteiger charge is -2.29. The third-order valence-electron chi connectivity index (χ3n) is 6.58. The summed E-state index contributed by atoms with van der Waals surface area (Å²) in [6.45, 7) is 4.95. The summed E-state index contributed by atoms with van der Waals surface area (Å²) in [5.74, 6) is 4.32. The molecule has 0 saturated carbocycles. The quantitative estimate of drug-likeness (QED) is 0.518. The molecule has 37 heavy (non-hydrogen) atoms. The van der Waals surface area contributed by atoms with Crippen LogP contribution in [0.5, 0.6) is 5.75 Å². The molecule has 5 rings (SSSR count). The zero-order valence-electron chi connectivity index (χ0n) is 21.2. The van der Waals surface area contributed by atoms with Crippen LogP contribution in [0.4, 0.5) is 27.7 Å². The van der Waals surface area contributed by atoms with Gasteiger partial charge < -0.3 is 24.6 Å². The molecule has 0 aliphatic carbocycles. The van der Waals surface area contributed by atoms with Crippen molar-refractivity contribution in [1.29, 1.82) is 0 Å². The molecule has 1 N–H and O–H groups in total. The Morgan fingerprint density at radius 2 is 1.70 bits per heavy atom. The Balaban J connectivity index is 1.24. The number of methoxy groups -OCH3 is 1. The fourth-order valence-electron chi connectivity index (χ4n) is 4.38. The van der Waals surface area contributed by atoms with Crippen molar-refractivity contribution in [1.82, 2.24) is 9.97 Å². The lowest BCUT2D eigenvalue weighted by atomic mass is 10.2.